The van der Waals surface area contributed by atoms with Crippen LogP contribution in [0, 0.1) is 22.2 Å². The molecule has 10 heteroatoms. The number of anilines is 1. The molecular weight excluding hydrogens is 435 g/mol. The Labute approximate surface area is 197 Å². The molecule has 2 aromatic heterocycles. The highest BCUT2D eigenvalue weighted by Gasteiger charge is 2.54. The molecule has 2 saturated carbocycles. The minimum Gasteiger partial charge on any atom is -0.507 e. The van der Waals surface area contributed by atoms with Crippen LogP contribution in [0.1, 0.15) is 51.8 Å². The number of benzene rings is 1. The van der Waals surface area contributed by atoms with E-state index in [1.807, 2.05) is 18.0 Å². The zero-order valence-electron chi connectivity index (χ0n) is 19.5. The van der Waals surface area contributed by atoms with Crippen LogP contribution in [-0.4, -0.2) is 54.3 Å². The number of aromatic nitrogens is 6. The third-order valence-corrected chi connectivity index (χ3v) is 7.55. The molecule has 1 N–H and O–H groups in total. The van der Waals surface area contributed by atoms with Gasteiger partial charge in [0.05, 0.1) is 23.5 Å². The number of nitrogens with zero attached hydrogens (tertiary/aromatic N) is 8. The maximum Gasteiger partial charge on any atom is 0.252 e. The molecule has 3 aromatic rings. The van der Waals surface area contributed by atoms with Gasteiger partial charge < -0.3 is 10.0 Å². The first-order valence-electron chi connectivity index (χ1n) is 11.4. The topological polar surface area (TPSA) is 117 Å². The van der Waals surface area contributed by atoms with Crippen LogP contribution >= 0.6 is 0 Å². The number of alkyl halides is 1. The van der Waals surface area contributed by atoms with E-state index < -0.39 is 6.17 Å². The minimum atomic E-state index is -0.942. The fourth-order valence-electron chi connectivity index (χ4n) is 5.90. The van der Waals surface area contributed by atoms with Crippen LogP contribution in [0.15, 0.2) is 30.7 Å². The number of phenols is 1. The Morgan fingerprint density at radius 3 is 2.74 bits per heavy atom. The molecule has 4 atom stereocenters. The average molecular weight is 463 g/mol. The quantitative estimate of drug-likeness (QED) is 0.622. The van der Waals surface area contributed by atoms with Crippen LogP contribution in [0.25, 0.3) is 17.1 Å². The zero-order valence-corrected chi connectivity index (χ0v) is 19.5. The van der Waals surface area contributed by atoms with Gasteiger partial charge in [0.1, 0.15) is 24.3 Å². The summed E-state index contributed by atoms with van der Waals surface area (Å²) < 4.78 is 17.0. The van der Waals surface area contributed by atoms with E-state index in [1.54, 1.807) is 18.3 Å². The van der Waals surface area contributed by atoms with Gasteiger partial charge in [0, 0.05) is 18.5 Å². The van der Waals surface area contributed by atoms with E-state index in [0.717, 1.165) is 32.1 Å². The highest BCUT2D eigenvalue weighted by atomic mass is 19.1. The van der Waals surface area contributed by atoms with Crippen molar-refractivity contribution in [1.82, 2.24) is 29.9 Å². The van der Waals surface area contributed by atoms with E-state index >= 15 is 4.39 Å². The van der Waals surface area contributed by atoms with Crippen LogP contribution in [0.5, 0.6) is 5.75 Å². The number of halogens is 1. The predicted molar refractivity (Wildman–Crippen MR) is 123 cm³/mol. The van der Waals surface area contributed by atoms with Crippen molar-refractivity contribution in [3.8, 4) is 28.9 Å². The monoisotopic (exact) mass is 462 g/mol. The maximum atomic E-state index is 15.6. The number of phenolic OH excluding ortho intramolecular Hbond substituents is 1. The zero-order chi connectivity index (χ0) is 24.1. The fraction of sp³-hybridized carbons (Fsp3) is 0.500. The van der Waals surface area contributed by atoms with E-state index in [0.29, 0.717) is 17.1 Å². The summed E-state index contributed by atoms with van der Waals surface area (Å²) in [5.41, 5.74) is 0.775. The highest BCUT2D eigenvalue weighted by Crippen LogP contribution is 2.57. The summed E-state index contributed by atoms with van der Waals surface area (Å²) >= 11 is 0. The summed E-state index contributed by atoms with van der Waals surface area (Å²) in [5.74, 6) is 0.746. The lowest BCUT2D eigenvalue weighted by atomic mass is 9.54. The van der Waals surface area contributed by atoms with Gasteiger partial charge in [-0.3, -0.25) is 0 Å². The Kier molecular flexibility index (Phi) is 5.23. The van der Waals surface area contributed by atoms with E-state index in [4.69, 9.17) is 5.26 Å². The van der Waals surface area contributed by atoms with Gasteiger partial charge in [-0.2, -0.15) is 5.26 Å². The minimum absolute atomic E-state index is 0.0379. The van der Waals surface area contributed by atoms with Crippen molar-refractivity contribution >= 4 is 5.82 Å². The lowest BCUT2D eigenvalue weighted by Crippen LogP contribution is -2.57. The van der Waals surface area contributed by atoms with Gasteiger partial charge in [0.25, 0.3) is 5.82 Å². The second kappa shape index (κ2) is 8.01. The summed E-state index contributed by atoms with van der Waals surface area (Å²) in [5, 5.41) is 32.0. The molecule has 5 rings (SSSR count). The Hall–Kier alpha value is -3.61. The molecule has 0 amide bonds. The third kappa shape index (κ3) is 3.75. The second-order valence-electron chi connectivity index (χ2n) is 10.2. The summed E-state index contributed by atoms with van der Waals surface area (Å²) in [4.78, 5) is 10.1. The molecule has 0 spiro atoms. The lowest BCUT2D eigenvalue weighted by molar-refractivity contribution is -0.0540. The highest BCUT2D eigenvalue weighted by molar-refractivity contribution is 5.66. The first-order valence-corrected chi connectivity index (χ1v) is 11.4. The van der Waals surface area contributed by atoms with E-state index in [2.05, 4.69) is 39.1 Å². The van der Waals surface area contributed by atoms with Crippen molar-refractivity contribution in [2.24, 2.45) is 10.8 Å². The van der Waals surface area contributed by atoms with Crippen molar-refractivity contribution in [2.45, 2.75) is 58.2 Å². The number of aromatic hydroxyl groups is 1. The van der Waals surface area contributed by atoms with Crippen molar-refractivity contribution in [1.29, 1.82) is 5.26 Å². The number of rotatable bonds is 4. The van der Waals surface area contributed by atoms with Gasteiger partial charge in [-0.1, -0.05) is 20.3 Å². The molecule has 0 saturated heterocycles. The molecule has 176 valence electrons. The summed E-state index contributed by atoms with van der Waals surface area (Å²) in [6, 6.07) is 6.44. The summed E-state index contributed by atoms with van der Waals surface area (Å²) in [6.45, 7) is 4.35. The van der Waals surface area contributed by atoms with Gasteiger partial charge in [0.2, 0.25) is 0 Å². The molecule has 2 aliphatic rings. The molecule has 9 nitrogen and oxygen atoms in total. The third-order valence-electron chi connectivity index (χ3n) is 7.55. The number of hydrogen-bond acceptors (Lipinski definition) is 8. The van der Waals surface area contributed by atoms with Crippen molar-refractivity contribution in [3.05, 3.63) is 36.5 Å². The second-order valence-corrected chi connectivity index (χ2v) is 10.2. The van der Waals surface area contributed by atoms with Crippen molar-refractivity contribution in [2.75, 3.05) is 11.9 Å². The van der Waals surface area contributed by atoms with Gasteiger partial charge in [-0.15, -0.1) is 15.3 Å². The molecular formula is C24H27FN8O. The van der Waals surface area contributed by atoms with Crippen LogP contribution < -0.4 is 4.90 Å². The normalized spacial score (nSPS) is 28.3. The smallest absolute Gasteiger partial charge is 0.252 e. The van der Waals surface area contributed by atoms with Gasteiger partial charge >= 0.3 is 0 Å². The molecule has 2 heterocycles. The SMILES string of the molecule is CN(c1cnc(-c2ccc(-n3cnc(C#N)n3)cc2O)nn1)[C@H]1C[C@]2(C)CCC[C@@](C)(C2)[C@H]1F. The molecule has 2 aliphatic carbocycles. The van der Waals surface area contributed by atoms with Crippen molar-refractivity contribution in [3.63, 3.8) is 0 Å². The first kappa shape index (κ1) is 22.2. The van der Waals surface area contributed by atoms with Crippen molar-refractivity contribution < 1.29 is 9.50 Å². The van der Waals surface area contributed by atoms with E-state index in [9.17, 15) is 5.11 Å². The Bertz CT molecular complexity index is 1250. The maximum absolute atomic E-state index is 15.6. The van der Waals surface area contributed by atoms with Crippen LogP contribution in [0.3, 0.4) is 0 Å². The molecule has 1 aromatic carbocycles. The molecule has 0 radical (unpaired) electrons. The molecule has 0 unspecified atom stereocenters. The van der Waals surface area contributed by atoms with Crippen LogP contribution in [0.2, 0.25) is 0 Å². The van der Waals surface area contributed by atoms with Crippen LogP contribution in [0.4, 0.5) is 10.2 Å². The summed E-state index contributed by atoms with van der Waals surface area (Å²) in [7, 11) is 1.86. The standard InChI is InChI=1S/C24H27FN8O/c1-23-7-4-8-24(2,13-23)21(25)17(10-23)32(3)20-12-27-22(30-29-20)16-6-5-15(9-18(16)34)33-14-28-19(11-26)31-33/h5-6,9,12,14,17,21,34H,4,7-8,10,13H2,1-3H3/t17-,21-,23-,24-/m0/s1. The number of hydrogen-bond donors (Lipinski definition) is 1. The largest absolute Gasteiger partial charge is 0.507 e. The molecule has 0 aliphatic heterocycles. The molecule has 34 heavy (non-hydrogen) atoms. The number of nitriles is 1. The Morgan fingerprint density at radius 1 is 1.24 bits per heavy atom. The first-order chi connectivity index (χ1) is 16.2. The lowest BCUT2D eigenvalue weighted by Gasteiger charge is -2.55. The Balaban J connectivity index is 1.37. The average Bonchev–Trinajstić information content (AvgIpc) is 3.30. The van der Waals surface area contributed by atoms with Gasteiger partial charge in [-0.25, -0.2) is 19.0 Å². The van der Waals surface area contributed by atoms with Gasteiger partial charge in [0.15, 0.2) is 11.6 Å². The van der Waals surface area contributed by atoms with Gasteiger partial charge in [-0.05, 0) is 43.2 Å². The number of fused-ring (bicyclic) bond motifs is 2. The Morgan fingerprint density at radius 2 is 2.06 bits per heavy atom. The van der Waals surface area contributed by atoms with Crippen LogP contribution in [-0.2, 0) is 0 Å². The van der Waals surface area contributed by atoms with E-state index in [-0.39, 0.29) is 34.3 Å². The fourth-order valence-corrected chi connectivity index (χ4v) is 5.90. The molecule has 2 bridgehead atoms. The predicted octanol–water partition coefficient (Wildman–Crippen LogP) is 3.83. The molecule has 2 fully saturated rings. The van der Waals surface area contributed by atoms with E-state index in [1.165, 1.54) is 17.1 Å². The summed E-state index contributed by atoms with van der Waals surface area (Å²) in [6.07, 6.45) is 6.86.